The van der Waals surface area contributed by atoms with E-state index in [9.17, 15) is 4.79 Å². The highest BCUT2D eigenvalue weighted by molar-refractivity contribution is 5.82. The third-order valence-electron chi connectivity index (χ3n) is 3.51. The second-order valence-electron chi connectivity index (χ2n) is 5.42. The van der Waals surface area contributed by atoms with Gasteiger partial charge in [0.1, 0.15) is 5.82 Å². The molecule has 0 spiro atoms. The lowest BCUT2D eigenvalue weighted by Crippen LogP contribution is -2.35. The van der Waals surface area contributed by atoms with E-state index in [1.807, 2.05) is 22.5 Å². The van der Waals surface area contributed by atoms with Crippen LogP contribution in [-0.2, 0) is 4.79 Å². The molecular weight excluding hydrogens is 256 g/mol. The number of fused-ring (bicyclic) bond motifs is 1. The molecule has 1 amide bonds. The van der Waals surface area contributed by atoms with Crippen LogP contribution in [0.25, 0.3) is 5.65 Å². The Bertz CT molecular complexity index is 645. The molecule has 7 heteroatoms. The van der Waals surface area contributed by atoms with Crippen LogP contribution in [0.3, 0.4) is 0 Å². The zero-order chi connectivity index (χ0) is 14.3. The molecule has 0 unspecified atom stereocenters. The van der Waals surface area contributed by atoms with Gasteiger partial charge in [-0.2, -0.15) is 0 Å². The van der Waals surface area contributed by atoms with Crippen LogP contribution in [0.15, 0.2) is 12.4 Å². The molecule has 20 heavy (non-hydrogen) atoms. The van der Waals surface area contributed by atoms with Gasteiger partial charge in [-0.15, -0.1) is 10.2 Å². The lowest BCUT2D eigenvalue weighted by atomic mass is 10.4. The van der Waals surface area contributed by atoms with Gasteiger partial charge in [0.05, 0.1) is 6.54 Å². The molecule has 1 aliphatic rings. The number of amides is 1. The van der Waals surface area contributed by atoms with E-state index in [1.54, 1.807) is 25.2 Å². The molecule has 0 aliphatic heterocycles. The van der Waals surface area contributed by atoms with E-state index in [0.29, 0.717) is 17.4 Å². The summed E-state index contributed by atoms with van der Waals surface area (Å²) in [5, 5.41) is 8.50. The van der Waals surface area contributed by atoms with Crippen LogP contribution in [0.1, 0.15) is 24.6 Å². The van der Waals surface area contributed by atoms with Crippen molar-refractivity contribution in [3.63, 3.8) is 0 Å². The van der Waals surface area contributed by atoms with Crippen molar-refractivity contribution in [2.75, 3.05) is 32.6 Å². The molecule has 106 valence electrons. The highest BCUT2D eigenvalue weighted by Crippen LogP contribution is 2.39. The van der Waals surface area contributed by atoms with Crippen LogP contribution in [0.5, 0.6) is 0 Å². The third-order valence-corrected chi connectivity index (χ3v) is 3.51. The van der Waals surface area contributed by atoms with E-state index in [1.165, 1.54) is 12.8 Å². The summed E-state index contributed by atoms with van der Waals surface area (Å²) in [6.07, 6.45) is 5.96. The zero-order valence-corrected chi connectivity index (χ0v) is 11.9. The Morgan fingerprint density at radius 2 is 2.10 bits per heavy atom. The number of aromatic nitrogens is 4. The smallest absolute Gasteiger partial charge is 0.241 e. The SMILES string of the molecule is CN(C)C(=O)CN(C)c1nccn2c(C3CC3)nnc12. The molecule has 0 saturated heterocycles. The topological polar surface area (TPSA) is 66.6 Å². The fraction of sp³-hybridized carbons (Fsp3) is 0.538. The Morgan fingerprint density at radius 3 is 2.75 bits per heavy atom. The molecule has 1 saturated carbocycles. The van der Waals surface area contributed by atoms with Crippen LogP contribution in [0.2, 0.25) is 0 Å². The normalized spacial score (nSPS) is 14.6. The van der Waals surface area contributed by atoms with E-state index in [-0.39, 0.29) is 12.5 Å². The summed E-state index contributed by atoms with van der Waals surface area (Å²) in [7, 11) is 5.33. The van der Waals surface area contributed by atoms with Gasteiger partial charge >= 0.3 is 0 Å². The molecule has 1 fully saturated rings. The molecule has 0 aromatic carbocycles. The first-order valence-corrected chi connectivity index (χ1v) is 6.69. The van der Waals surface area contributed by atoms with Crippen molar-refractivity contribution in [1.82, 2.24) is 24.5 Å². The van der Waals surface area contributed by atoms with Gasteiger partial charge in [-0.25, -0.2) is 4.98 Å². The number of hydrogen-bond donors (Lipinski definition) is 0. The molecule has 2 aromatic rings. The van der Waals surface area contributed by atoms with Crippen molar-refractivity contribution in [2.24, 2.45) is 0 Å². The molecule has 7 nitrogen and oxygen atoms in total. The average Bonchev–Trinajstić information content (AvgIpc) is 3.17. The minimum absolute atomic E-state index is 0.0261. The van der Waals surface area contributed by atoms with Gasteiger partial charge < -0.3 is 9.80 Å². The summed E-state index contributed by atoms with van der Waals surface area (Å²) in [5.74, 6) is 2.23. The van der Waals surface area contributed by atoms with Crippen molar-refractivity contribution in [3.05, 3.63) is 18.2 Å². The monoisotopic (exact) mass is 274 g/mol. The Kier molecular flexibility index (Phi) is 3.04. The quantitative estimate of drug-likeness (QED) is 0.813. The standard InChI is InChI=1S/C13H18N6O/c1-17(2)10(20)8-18(3)12-13-16-15-11(9-4-5-9)19(13)7-6-14-12/h6-7,9H,4-5,8H2,1-3H3. The molecule has 0 N–H and O–H groups in total. The number of nitrogens with zero attached hydrogens (tertiary/aromatic N) is 6. The number of carbonyl (C=O) groups is 1. The first-order valence-electron chi connectivity index (χ1n) is 6.69. The number of likely N-dealkylation sites (N-methyl/N-ethyl adjacent to an activating group) is 2. The summed E-state index contributed by atoms with van der Waals surface area (Å²) in [4.78, 5) is 19.5. The highest BCUT2D eigenvalue weighted by atomic mass is 16.2. The van der Waals surface area contributed by atoms with E-state index in [0.717, 1.165) is 5.82 Å². The van der Waals surface area contributed by atoms with Crippen LogP contribution in [0, 0.1) is 0 Å². The zero-order valence-electron chi connectivity index (χ0n) is 11.9. The van der Waals surface area contributed by atoms with Crippen molar-refractivity contribution < 1.29 is 4.79 Å². The lowest BCUT2D eigenvalue weighted by Gasteiger charge is -2.20. The van der Waals surface area contributed by atoms with Crippen LogP contribution >= 0.6 is 0 Å². The minimum atomic E-state index is 0.0261. The van der Waals surface area contributed by atoms with Crippen LogP contribution in [-0.4, -0.2) is 58.1 Å². The summed E-state index contributed by atoms with van der Waals surface area (Å²) in [5.41, 5.74) is 0.712. The largest absolute Gasteiger partial charge is 0.347 e. The minimum Gasteiger partial charge on any atom is -0.347 e. The van der Waals surface area contributed by atoms with Crippen molar-refractivity contribution in [2.45, 2.75) is 18.8 Å². The van der Waals surface area contributed by atoms with Gasteiger partial charge in [0.15, 0.2) is 5.82 Å². The summed E-state index contributed by atoms with van der Waals surface area (Å²) in [6, 6.07) is 0. The van der Waals surface area contributed by atoms with Crippen LogP contribution in [0.4, 0.5) is 5.82 Å². The van der Waals surface area contributed by atoms with Gasteiger partial charge in [0, 0.05) is 39.5 Å². The summed E-state index contributed by atoms with van der Waals surface area (Å²) < 4.78 is 1.98. The van der Waals surface area contributed by atoms with Crippen molar-refractivity contribution >= 4 is 17.4 Å². The predicted molar refractivity (Wildman–Crippen MR) is 74.7 cm³/mol. The average molecular weight is 274 g/mol. The molecule has 0 atom stereocenters. The maximum Gasteiger partial charge on any atom is 0.241 e. The van der Waals surface area contributed by atoms with Crippen molar-refractivity contribution in [3.8, 4) is 0 Å². The Balaban J connectivity index is 1.93. The first kappa shape index (κ1) is 12.8. The number of hydrogen-bond acceptors (Lipinski definition) is 5. The molecule has 2 aromatic heterocycles. The number of carbonyl (C=O) groups excluding carboxylic acids is 1. The molecule has 3 rings (SSSR count). The second kappa shape index (κ2) is 4.73. The molecule has 0 radical (unpaired) electrons. The summed E-state index contributed by atoms with van der Waals surface area (Å²) in [6.45, 7) is 0.269. The van der Waals surface area contributed by atoms with Crippen molar-refractivity contribution in [1.29, 1.82) is 0 Å². The molecule has 0 bridgehead atoms. The third kappa shape index (κ3) is 2.19. The van der Waals surface area contributed by atoms with Gasteiger partial charge in [-0.05, 0) is 12.8 Å². The predicted octanol–water partition coefficient (Wildman–Crippen LogP) is 0.526. The Hall–Kier alpha value is -2.18. The number of anilines is 1. The van der Waals surface area contributed by atoms with Gasteiger partial charge in [0.2, 0.25) is 11.6 Å². The molecule has 1 aliphatic carbocycles. The van der Waals surface area contributed by atoms with Crippen LogP contribution < -0.4 is 4.90 Å². The first-order chi connectivity index (χ1) is 9.58. The fourth-order valence-corrected chi connectivity index (χ4v) is 2.14. The fourth-order valence-electron chi connectivity index (χ4n) is 2.14. The van der Waals surface area contributed by atoms with E-state index >= 15 is 0 Å². The Morgan fingerprint density at radius 1 is 1.35 bits per heavy atom. The van der Waals surface area contributed by atoms with Gasteiger partial charge in [0.25, 0.3) is 0 Å². The molecular formula is C13H18N6O. The maximum absolute atomic E-state index is 11.8. The summed E-state index contributed by atoms with van der Waals surface area (Å²) >= 11 is 0. The highest BCUT2D eigenvalue weighted by Gasteiger charge is 2.29. The Labute approximate surface area is 117 Å². The molecule has 2 heterocycles. The van der Waals surface area contributed by atoms with Gasteiger partial charge in [-0.1, -0.05) is 0 Å². The maximum atomic E-state index is 11.8. The van der Waals surface area contributed by atoms with Gasteiger partial charge in [-0.3, -0.25) is 9.20 Å². The number of rotatable bonds is 4. The lowest BCUT2D eigenvalue weighted by molar-refractivity contribution is -0.127. The van der Waals surface area contributed by atoms with E-state index in [4.69, 9.17) is 0 Å². The van der Waals surface area contributed by atoms with E-state index in [2.05, 4.69) is 15.2 Å². The van der Waals surface area contributed by atoms with E-state index < -0.39 is 0 Å². The second-order valence-corrected chi connectivity index (χ2v) is 5.42.